The molecule has 1 N–H and O–H groups in total. The van der Waals surface area contributed by atoms with Crippen molar-refractivity contribution < 1.29 is 4.74 Å². The number of hydrogen-bond donors (Lipinski definition) is 1. The fraction of sp³-hybridized carbons (Fsp3) is 0.700. The summed E-state index contributed by atoms with van der Waals surface area (Å²) in [5.74, 6) is 0. The molecule has 4 heteroatoms. The molecule has 1 atom stereocenters. The summed E-state index contributed by atoms with van der Waals surface area (Å²) < 4.78 is 7.63. The van der Waals surface area contributed by atoms with Crippen LogP contribution in [0.1, 0.15) is 12.8 Å². The molecule has 0 aromatic carbocycles. The summed E-state index contributed by atoms with van der Waals surface area (Å²) in [6.07, 6.45) is 6.57. The van der Waals surface area contributed by atoms with Gasteiger partial charge in [-0.05, 0) is 25.5 Å². The lowest BCUT2D eigenvalue weighted by atomic mass is 10.1. The number of aromatic nitrogens is 2. The fourth-order valence-electron chi connectivity index (χ4n) is 1.71. The molecule has 1 aliphatic rings. The first-order chi connectivity index (χ1) is 6.95. The molecule has 0 bridgehead atoms. The SMILES string of the molecule is c1cnn(CCO[C@H]2CCCNC2)c1. The van der Waals surface area contributed by atoms with E-state index in [2.05, 4.69) is 10.4 Å². The van der Waals surface area contributed by atoms with Gasteiger partial charge in [-0.2, -0.15) is 5.10 Å². The maximum absolute atomic E-state index is 5.73. The molecule has 1 aromatic rings. The second-order valence-corrected chi connectivity index (χ2v) is 3.61. The van der Waals surface area contributed by atoms with Crippen LogP contribution in [-0.4, -0.2) is 35.6 Å². The van der Waals surface area contributed by atoms with Crippen molar-refractivity contribution in [2.24, 2.45) is 0 Å². The third kappa shape index (κ3) is 2.82. The number of piperidine rings is 1. The average molecular weight is 195 g/mol. The lowest BCUT2D eigenvalue weighted by Crippen LogP contribution is -2.35. The van der Waals surface area contributed by atoms with E-state index in [0.29, 0.717) is 6.10 Å². The van der Waals surface area contributed by atoms with Crippen molar-refractivity contribution >= 4 is 0 Å². The molecule has 78 valence electrons. The number of nitrogens with zero attached hydrogens (tertiary/aromatic N) is 2. The van der Waals surface area contributed by atoms with Crippen molar-refractivity contribution in [3.8, 4) is 0 Å². The summed E-state index contributed by atoms with van der Waals surface area (Å²) in [5, 5.41) is 7.45. The van der Waals surface area contributed by atoms with Crippen molar-refractivity contribution in [2.75, 3.05) is 19.7 Å². The lowest BCUT2D eigenvalue weighted by Gasteiger charge is -2.22. The van der Waals surface area contributed by atoms with Crippen molar-refractivity contribution in [3.05, 3.63) is 18.5 Å². The summed E-state index contributed by atoms with van der Waals surface area (Å²) in [5.41, 5.74) is 0. The highest BCUT2D eigenvalue weighted by Crippen LogP contribution is 2.05. The number of hydrogen-bond acceptors (Lipinski definition) is 3. The van der Waals surface area contributed by atoms with E-state index in [1.165, 1.54) is 12.8 Å². The van der Waals surface area contributed by atoms with Crippen LogP contribution >= 0.6 is 0 Å². The first-order valence-electron chi connectivity index (χ1n) is 5.25. The summed E-state index contributed by atoms with van der Waals surface area (Å²) in [6, 6.07) is 1.93. The highest BCUT2D eigenvalue weighted by Gasteiger charge is 2.12. The Morgan fingerprint density at radius 2 is 2.57 bits per heavy atom. The van der Waals surface area contributed by atoms with Crippen LogP contribution in [0.4, 0.5) is 0 Å². The Morgan fingerprint density at radius 3 is 3.29 bits per heavy atom. The van der Waals surface area contributed by atoms with Crippen LogP contribution in [0.5, 0.6) is 0 Å². The Balaban J connectivity index is 1.62. The average Bonchev–Trinajstić information content (AvgIpc) is 2.72. The summed E-state index contributed by atoms with van der Waals surface area (Å²) in [6.45, 7) is 3.75. The highest BCUT2D eigenvalue weighted by molar-refractivity contribution is 4.77. The Hall–Kier alpha value is -0.870. The van der Waals surface area contributed by atoms with Crippen LogP contribution in [-0.2, 0) is 11.3 Å². The second kappa shape index (κ2) is 5.12. The van der Waals surface area contributed by atoms with Gasteiger partial charge in [-0.1, -0.05) is 0 Å². The first kappa shape index (κ1) is 9.68. The molecule has 1 aromatic heterocycles. The topological polar surface area (TPSA) is 39.1 Å². The van der Waals surface area contributed by atoms with Gasteiger partial charge in [-0.3, -0.25) is 4.68 Å². The molecule has 2 rings (SSSR count). The number of rotatable bonds is 4. The molecule has 0 unspecified atom stereocenters. The van der Waals surface area contributed by atoms with Crippen LogP contribution in [0.3, 0.4) is 0 Å². The lowest BCUT2D eigenvalue weighted by molar-refractivity contribution is 0.0312. The molecule has 1 aliphatic heterocycles. The smallest absolute Gasteiger partial charge is 0.0700 e. The molecule has 0 saturated carbocycles. The van der Waals surface area contributed by atoms with Crippen LogP contribution in [0, 0.1) is 0 Å². The van der Waals surface area contributed by atoms with Gasteiger partial charge in [0, 0.05) is 18.9 Å². The Morgan fingerprint density at radius 1 is 1.57 bits per heavy atom. The Kier molecular flexibility index (Phi) is 3.54. The second-order valence-electron chi connectivity index (χ2n) is 3.61. The quantitative estimate of drug-likeness (QED) is 0.766. The molecule has 0 radical (unpaired) electrons. The Bertz CT molecular complexity index is 242. The third-order valence-corrected chi connectivity index (χ3v) is 2.48. The minimum Gasteiger partial charge on any atom is -0.375 e. The van der Waals surface area contributed by atoms with E-state index in [0.717, 1.165) is 26.2 Å². The Labute approximate surface area is 84.3 Å². The molecule has 2 heterocycles. The zero-order valence-corrected chi connectivity index (χ0v) is 8.35. The normalized spacial score (nSPS) is 22.4. The van der Waals surface area contributed by atoms with Gasteiger partial charge in [0.1, 0.15) is 0 Å². The van der Waals surface area contributed by atoms with Gasteiger partial charge >= 0.3 is 0 Å². The van der Waals surface area contributed by atoms with Crippen LogP contribution < -0.4 is 5.32 Å². The molecule has 1 saturated heterocycles. The van der Waals surface area contributed by atoms with Crippen LogP contribution in [0.25, 0.3) is 0 Å². The predicted molar refractivity (Wildman–Crippen MR) is 54.1 cm³/mol. The maximum atomic E-state index is 5.73. The van der Waals surface area contributed by atoms with Gasteiger partial charge in [-0.25, -0.2) is 0 Å². The zero-order chi connectivity index (χ0) is 9.64. The molecule has 0 spiro atoms. The standard InChI is InChI=1S/C10H17N3O/c1-3-10(9-11-4-1)14-8-7-13-6-2-5-12-13/h2,5-6,10-11H,1,3-4,7-9H2/t10-/m0/s1. The van der Waals surface area contributed by atoms with Crippen molar-refractivity contribution in [2.45, 2.75) is 25.5 Å². The van der Waals surface area contributed by atoms with Gasteiger partial charge in [0.05, 0.1) is 19.3 Å². The minimum absolute atomic E-state index is 0.402. The summed E-state index contributed by atoms with van der Waals surface area (Å²) in [7, 11) is 0. The first-order valence-corrected chi connectivity index (χ1v) is 5.25. The van der Waals surface area contributed by atoms with Crippen molar-refractivity contribution in [3.63, 3.8) is 0 Å². The van der Waals surface area contributed by atoms with Crippen LogP contribution in [0.2, 0.25) is 0 Å². The molecule has 0 aliphatic carbocycles. The molecule has 4 nitrogen and oxygen atoms in total. The van der Waals surface area contributed by atoms with Gasteiger partial charge in [0.15, 0.2) is 0 Å². The van der Waals surface area contributed by atoms with Gasteiger partial charge in [0.2, 0.25) is 0 Å². The van der Waals surface area contributed by atoms with E-state index in [9.17, 15) is 0 Å². The molecule has 14 heavy (non-hydrogen) atoms. The minimum atomic E-state index is 0.402. The van der Waals surface area contributed by atoms with E-state index in [4.69, 9.17) is 4.74 Å². The molecule has 1 fully saturated rings. The van der Waals surface area contributed by atoms with E-state index in [1.807, 2.05) is 16.9 Å². The highest BCUT2D eigenvalue weighted by atomic mass is 16.5. The van der Waals surface area contributed by atoms with Crippen LogP contribution in [0.15, 0.2) is 18.5 Å². The fourth-order valence-corrected chi connectivity index (χ4v) is 1.71. The summed E-state index contributed by atoms with van der Waals surface area (Å²) >= 11 is 0. The zero-order valence-electron chi connectivity index (χ0n) is 8.35. The number of ether oxygens (including phenoxy) is 1. The van der Waals surface area contributed by atoms with Gasteiger partial charge in [-0.15, -0.1) is 0 Å². The number of nitrogens with one attached hydrogen (secondary N) is 1. The van der Waals surface area contributed by atoms with E-state index in [1.54, 1.807) is 6.20 Å². The molecular formula is C10H17N3O. The van der Waals surface area contributed by atoms with E-state index in [-0.39, 0.29) is 0 Å². The monoisotopic (exact) mass is 195 g/mol. The third-order valence-electron chi connectivity index (χ3n) is 2.48. The largest absolute Gasteiger partial charge is 0.375 e. The van der Waals surface area contributed by atoms with E-state index >= 15 is 0 Å². The maximum Gasteiger partial charge on any atom is 0.0700 e. The molecule has 0 amide bonds. The predicted octanol–water partition coefficient (Wildman–Crippen LogP) is 0.652. The summed E-state index contributed by atoms with van der Waals surface area (Å²) in [4.78, 5) is 0. The van der Waals surface area contributed by atoms with Gasteiger partial charge < -0.3 is 10.1 Å². The molecular weight excluding hydrogens is 178 g/mol. The van der Waals surface area contributed by atoms with Crippen molar-refractivity contribution in [1.29, 1.82) is 0 Å². The van der Waals surface area contributed by atoms with E-state index < -0.39 is 0 Å². The van der Waals surface area contributed by atoms with Crippen molar-refractivity contribution in [1.82, 2.24) is 15.1 Å². The van der Waals surface area contributed by atoms with Gasteiger partial charge in [0.25, 0.3) is 0 Å².